The molecule has 0 unspecified atom stereocenters. The van der Waals surface area contributed by atoms with Crippen LogP contribution in [0.4, 0.5) is 5.82 Å². The third-order valence-corrected chi connectivity index (χ3v) is 5.49. The van der Waals surface area contributed by atoms with Crippen LogP contribution < -0.4 is 10.3 Å². The summed E-state index contributed by atoms with van der Waals surface area (Å²) in [4.78, 5) is 12.9. The standard InChI is InChI=1S/C18H27N3O3S/c1-4-6-13-16-17(19-25(23,24)14-7-5-2)20(3)21(18(16)22)15-11-9-8-10-12-15/h8-12,19H,4-7,13-14H2,1-3H3. The quantitative estimate of drug-likeness (QED) is 0.742. The number of aromatic nitrogens is 2. The third kappa shape index (κ3) is 4.54. The van der Waals surface area contributed by atoms with Crippen LogP contribution in [0.3, 0.4) is 0 Å². The number of hydrogen-bond acceptors (Lipinski definition) is 3. The van der Waals surface area contributed by atoms with Crippen LogP contribution in [-0.2, 0) is 23.5 Å². The van der Waals surface area contributed by atoms with Crippen LogP contribution in [0.2, 0.25) is 0 Å². The lowest BCUT2D eigenvalue weighted by atomic mass is 10.1. The van der Waals surface area contributed by atoms with E-state index in [2.05, 4.69) is 4.72 Å². The maximum atomic E-state index is 12.9. The Bertz CT molecular complexity index is 852. The largest absolute Gasteiger partial charge is 0.276 e. The smallest absolute Gasteiger partial charge is 0.267 e. The summed E-state index contributed by atoms with van der Waals surface area (Å²) < 4.78 is 30.5. The second-order valence-corrected chi connectivity index (χ2v) is 8.02. The maximum absolute atomic E-state index is 12.9. The molecular formula is C18H27N3O3S. The Morgan fingerprint density at radius 1 is 1.04 bits per heavy atom. The molecule has 0 atom stereocenters. The van der Waals surface area contributed by atoms with Gasteiger partial charge in [0.15, 0.2) is 0 Å². The zero-order valence-corrected chi connectivity index (χ0v) is 16.0. The van der Waals surface area contributed by atoms with E-state index in [1.807, 2.05) is 44.2 Å². The Morgan fingerprint density at radius 3 is 2.28 bits per heavy atom. The number of nitrogens with zero attached hydrogens (tertiary/aromatic N) is 2. The maximum Gasteiger partial charge on any atom is 0.276 e. The number of rotatable bonds is 9. The first kappa shape index (κ1) is 19.3. The number of hydrogen-bond donors (Lipinski definition) is 1. The molecule has 7 heteroatoms. The molecule has 0 spiro atoms. The van der Waals surface area contributed by atoms with Crippen molar-refractivity contribution >= 4 is 15.8 Å². The van der Waals surface area contributed by atoms with Crippen LogP contribution in [0.1, 0.15) is 45.1 Å². The SMILES string of the molecule is CCCCc1c(NS(=O)(=O)CCCC)n(C)n(-c2ccccc2)c1=O. The van der Waals surface area contributed by atoms with E-state index in [-0.39, 0.29) is 11.3 Å². The topological polar surface area (TPSA) is 73.1 Å². The number of para-hydroxylation sites is 1. The summed E-state index contributed by atoms with van der Waals surface area (Å²) in [5.41, 5.74) is 1.07. The van der Waals surface area contributed by atoms with E-state index in [4.69, 9.17) is 0 Å². The Kier molecular flexibility index (Phi) is 6.47. The molecule has 1 aromatic carbocycles. The molecule has 0 aliphatic heterocycles. The van der Waals surface area contributed by atoms with E-state index in [1.54, 1.807) is 11.7 Å². The fourth-order valence-electron chi connectivity index (χ4n) is 2.76. The van der Waals surface area contributed by atoms with Gasteiger partial charge in [-0.05, 0) is 31.4 Å². The predicted octanol–water partition coefficient (Wildman–Crippen LogP) is 3.06. The van der Waals surface area contributed by atoms with Crippen molar-refractivity contribution in [3.8, 4) is 5.69 Å². The summed E-state index contributed by atoms with van der Waals surface area (Å²) in [6.45, 7) is 3.99. The van der Waals surface area contributed by atoms with E-state index < -0.39 is 10.0 Å². The van der Waals surface area contributed by atoms with Gasteiger partial charge in [0.2, 0.25) is 10.0 Å². The molecule has 0 aliphatic carbocycles. The molecule has 0 saturated heterocycles. The first-order valence-electron chi connectivity index (χ1n) is 8.78. The highest BCUT2D eigenvalue weighted by Crippen LogP contribution is 2.19. The van der Waals surface area contributed by atoms with Gasteiger partial charge in [0.25, 0.3) is 5.56 Å². The molecule has 2 aromatic rings. The van der Waals surface area contributed by atoms with E-state index in [1.165, 1.54) is 4.68 Å². The summed E-state index contributed by atoms with van der Waals surface area (Å²) in [6, 6.07) is 9.25. The van der Waals surface area contributed by atoms with Crippen LogP contribution in [0, 0.1) is 0 Å². The number of anilines is 1. The second-order valence-electron chi connectivity index (χ2n) is 6.18. The molecule has 25 heavy (non-hydrogen) atoms. The van der Waals surface area contributed by atoms with E-state index in [0.29, 0.717) is 29.9 Å². The van der Waals surface area contributed by atoms with Crippen LogP contribution in [0.25, 0.3) is 5.69 Å². The summed E-state index contributed by atoms with van der Waals surface area (Å²) in [5.74, 6) is 0.430. The van der Waals surface area contributed by atoms with E-state index in [0.717, 1.165) is 19.3 Å². The van der Waals surface area contributed by atoms with E-state index >= 15 is 0 Å². The minimum Gasteiger partial charge on any atom is -0.267 e. The molecule has 0 saturated carbocycles. The molecule has 1 heterocycles. The Balaban J connectivity index is 2.52. The molecule has 0 bridgehead atoms. The molecular weight excluding hydrogens is 338 g/mol. The first-order chi connectivity index (χ1) is 11.9. The molecule has 0 fully saturated rings. The van der Waals surface area contributed by atoms with Crippen LogP contribution in [-0.4, -0.2) is 23.5 Å². The van der Waals surface area contributed by atoms with Crippen molar-refractivity contribution in [2.24, 2.45) is 7.05 Å². The van der Waals surface area contributed by atoms with Crippen LogP contribution >= 0.6 is 0 Å². The number of sulfonamides is 1. The van der Waals surface area contributed by atoms with Gasteiger partial charge in [0, 0.05) is 7.05 Å². The van der Waals surface area contributed by atoms with Crippen LogP contribution in [0.15, 0.2) is 35.1 Å². The second kappa shape index (κ2) is 8.38. The highest BCUT2D eigenvalue weighted by atomic mass is 32.2. The van der Waals surface area contributed by atoms with Gasteiger partial charge in [0.05, 0.1) is 17.0 Å². The van der Waals surface area contributed by atoms with Crippen molar-refractivity contribution in [3.63, 3.8) is 0 Å². The predicted molar refractivity (Wildman–Crippen MR) is 102 cm³/mol. The zero-order valence-electron chi connectivity index (χ0n) is 15.2. The summed E-state index contributed by atoms with van der Waals surface area (Å²) >= 11 is 0. The third-order valence-electron chi connectivity index (χ3n) is 4.16. The van der Waals surface area contributed by atoms with Gasteiger partial charge in [-0.1, -0.05) is 44.9 Å². The van der Waals surface area contributed by atoms with Crippen molar-refractivity contribution in [1.29, 1.82) is 0 Å². The van der Waals surface area contributed by atoms with Crippen LogP contribution in [0.5, 0.6) is 0 Å². The van der Waals surface area contributed by atoms with Gasteiger partial charge in [0.1, 0.15) is 5.82 Å². The van der Waals surface area contributed by atoms with Gasteiger partial charge in [-0.3, -0.25) is 14.2 Å². The molecule has 1 N–H and O–H groups in total. The molecule has 0 aliphatic rings. The Hall–Kier alpha value is -2.02. The number of benzene rings is 1. The van der Waals surface area contributed by atoms with Gasteiger partial charge >= 0.3 is 0 Å². The first-order valence-corrected chi connectivity index (χ1v) is 10.4. The monoisotopic (exact) mass is 365 g/mol. The normalized spacial score (nSPS) is 11.6. The minimum atomic E-state index is -3.48. The van der Waals surface area contributed by atoms with Crippen molar-refractivity contribution in [2.75, 3.05) is 10.5 Å². The average molecular weight is 365 g/mol. The van der Waals surface area contributed by atoms with Gasteiger partial charge in [-0.25, -0.2) is 13.1 Å². The fraction of sp³-hybridized carbons (Fsp3) is 0.500. The zero-order chi connectivity index (χ0) is 18.4. The van der Waals surface area contributed by atoms with E-state index in [9.17, 15) is 13.2 Å². The summed E-state index contributed by atoms with van der Waals surface area (Å²) in [5, 5.41) is 0. The Labute approximate surface area is 149 Å². The Morgan fingerprint density at radius 2 is 1.68 bits per heavy atom. The summed E-state index contributed by atoms with van der Waals surface area (Å²) in [7, 11) is -1.77. The number of nitrogens with one attached hydrogen (secondary N) is 1. The molecule has 0 radical (unpaired) electrons. The van der Waals surface area contributed by atoms with Gasteiger partial charge in [-0.15, -0.1) is 0 Å². The van der Waals surface area contributed by atoms with Crippen molar-refractivity contribution in [1.82, 2.24) is 9.36 Å². The number of unbranched alkanes of at least 4 members (excludes halogenated alkanes) is 2. The lowest BCUT2D eigenvalue weighted by molar-refractivity contribution is 0.595. The van der Waals surface area contributed by atoms with Crippen molar-refractivity contribution < 1.29 is 8.42 Å². The highest BCUT2D eigenvalue weighted by Gasteiger charge is 2.22. The molecule has 2 rings (SSSR count). The fourth-order valence-corrected chi connectivity index (χ4v) is 4.08. The summed E-state index contributed by atoms with van der Waals surface area (Å²) in [6.07, 6.45) is 3.70. The lowest BCUT2D eigenvalue weighted by Gasteiger charge is -2.12. The average Bonchev–Trinajstić information content (AvgIpc) is 2.82. The molecule has 0 amide bonds. The highest BCUT2D eigenvalue weighted by molar-refractivity contribution is 7.92. The van der Waals surface area contributed by atoms with Crippen molar-refractivity contribution in [2.45, 2.75) is 46.0 Å². The van der Waals surface area contributed by atoms with Crippen molar-refractivity contribution in [3.05, 3.63) is 46.2 Å². The van der Waals surface area contributed by atoms with Gasteiger partial charge < -0.3 is 0 Å². The lowest BCUT2D eigenvalue weighted by Crippen LogP contribution is -2.21. The minimum absolute atomic E-state index is 0.0570. The molecule has 1 aromatic heterocycles. The molecule has 6 nitrogen and oxygen atoms in total. The molecule has 138 valence electrons. The van der Waals surface area contributed by atoms with Gasteiger partial charge in [-0.2, -0.15) is 0 Å².